The average Bonchev–Trinajstić information content (AvgIpc) is 3.43. The van der Waals surface area contributed by atoms with Gasteiger partial charge in [0, 0.05) is 40.7 Å². The van der Waals surface area contributed by atoms with E-state index in [0.29, 0.717) is 6.04 Å². The molecule has 0 radical (unpaired) electrons. The van der Waals surface area contributed by atoms with Crippen LogP contribution in [0.4, 0.5) is 11.4 Å². The molecule has 168 valence electrons. The van der Waals surface area contributed by atoms with E-state index >= 15 is 0 Å². The van der Waals surface area contributed by atoms with Crippen LogP contribution in [-0.4, -0.2) is 27.2 Å². The Kier molecular flexibility index (Phi) is 4.77. The first-order valence-corrected chi connectivity index (χ1v) is 12.2. The summed E-state index contributed by atoms with van der Waals surface area (Å²) in [6.07, 6.45) is 9.62. The molecule has 32 heavy (non-hydrogen) atoms. The SMILES string of the molecule is CN1/C(=C/C=C/CC2CC2C2C(C)(C)c3ccccc3[N+]2(C)C)C(C)(C)c2ccccc21. The van der Waals surface area contributed by atoms with E-state index in [4.69, 9.17) is 0 Å². The van der Waals surface area contributed by atoms with Gasteiger partial charge in [-0.3, -0.25) is 4.48 Å². The molecule has 2 heteroatoms. The molecule has 0 aromatic heterocycles. The molecule has 0 N–H and O–H groups in total. The van der Waals surface area contributed by atoms with Crippen LogP contribution in [0.1, 0.15) is 51.7 Å². The van der Waals surface area contributed by atoms with Gasteiger partial charge in [0.25, 0.3) is 0 Å². The molecular formula is C30H39N2+. The highest BCUT2D eigenvalue weighted by Crippen LogP contribution is 2.58. The van der Waals surface area contributed by atoms with E-state index in [-0.39, 0.29) is 10.8 Å². The van der Waals surface area contributed by atoms with Crippen LogP contribution >= 0.6 is 0 Å². The molecule has 2 aromatic carbocycles. The molecule has 0 amide bonds. The van der Waals surface area contributed by atoms with E-state index in [1.54, 1.807) is 5.56 Å². The number of nitrogens with zero attached hydrogens (tertiary/aromatic N) is 2. The van der Waals surface area contributed by atoms with Gasteiger partial charge in [-0.25, -0.2) is 0 Å². The summed E-state index contributed by atoms with van der Waals surface area (Å²) >= 11 is 0. The maximum Gasteiger partial charge on any atom is 0.136 e. The van der Waals surface area contributed by atoms with Crippen LogP contribution in [0.3, 0.4) is 0 Å². The van der Waals surface area contributed by atoms with Crippen LogP contribution in [0, 0.1) is 11.8 Å². The first-order valence-electron chi connectivity index (χ1n) is 12.2. The Morgan fingerprint density at radius 3 is 2.31 bits per heavy atom. The Balaban J connectivity index is 1.29. The molecule has 1 saturated carbocycles. The van der Waals surface area contributed by atoms with Crippen LogP contribution in [0.15, 0.2) is 72.5 Å². The van der Waals surface area contributed by atoms with Gasteiger partial charge in [0.05, 0.1) is 14.1 Å². The zero-order valence-corrected chi connectivity index (χ0v) is 20.9. The van der Waals surface area contributed by atoms with Gasteiger partial charge in [0.2, 0.25) is 0 Å². The van der Waals surface area contributed by atoms with Gasteiger partial charge in [-0.05, 0) is 56.4 Å². The zero-order valence-electron chi connectivity index (χ0n) is 20.9. The van der Waals surface area contributed by atoms with E-state index in [2.05, 4.69) is 120 Å². The van der Waals surface area contributed by atoms with Crippen molar-refractivity contribution in [3.05, 3.63) is 83.6 Å². The molecule has 3 aliphatic rings. The van der Waals surface area contributed by atoms with Crippen molar-refractivity contribution in [1.29, 1.82) is 0 Å². The summed E-state index contributed by atoms with van der Waals surface area (Å²) in [5.41, 5.74) is 7.49. The third-order valence-electron chi connectivity index (χ3n) is 8.81. The molecule has 3 unspecified atom stereocenters. The third kappa shape index (κ3) is 3.03. The fourth-order valence-corrected chi connectivity index (χ4v) is 7.29. The van der Waals surface area contributed by atoms with E-state index in [1.165, 1.54) is 35.5 Å². The van der Waals surface area contributed by atoms with Crippen molar-refractivity contribution in [2.24, 2.45) is 11.8 Å². The van der Waals surface area contributed by atoms with Crippen molar-refractivity contribution in [2.75, 3.05) is 26.0 Å². The lowest BCUT2D eigenvalue weighted by atomic mass is 9.77. The number of hydrogen-bond donors (Lipinski definition) is 0. The van der Waals surface area contributed by atoms with Gasteiger partial charge >= 0.3 is 0 Å². The summed E-state index contributed by atoms with van der Waals surface area (Å²) in [6, 6.07) is 18.6. The third-order valence-corrected chi connectivity index (χ3v) is 8.81. The summed E-state index contributed by atoms with van der Waals surface area (Å²) in [7, 11) is 7.04. The number of allylic oxidation sites excluding steroid dienone is 4. The minimum Gasteiger partial charge on any atom is -0.347 e. The van der Waals surface area contributed by atoms with Crippen LogP contribution in [0.5, 0.6) is 0 Å². The van der Waals surface area contributed by atoms with Crippen LogP contribution < -0.4 is 9.38 Å². The second kappa shape index (κ2) is 7.09. The van der Waals surface area contributed by atoms with Gasteiger partial charge < -0.3 is 4.90 Å². The first-order chi connectivity index (χ1) is 15.1. The quantitative estimate of drug-likeness (QED) is 0.485. The molecular weight excluding hydrogens is 388 g/mol. The molecule has 0 saturated heterocycles. The van der Waals surface area contributed by atoms with Crippen molar-refractivity contribution in [3.63, 3.8) is 0 Å². The summed E-state index contributed by atoms with van der Waals surface area (Å²) in [5, 5.41) is 0. The Bertz CT molecular complexity index is 1070. The lowest BCUT2D eigenvalue weighted by molar-refractivity contribution is 0.203. The number of para-hydroxylation sites is 2. The predicted molar refractivity (Wildman–Crippen MR) is 138 cm³/mol. The van der Waals surface area contributed by atoms with Crippen molar-refractivity contribution < 1.29 is 0 Å². The Morgan fingerprint density at radius 2 is 1.62 bits per heavy atom. The van der Waals surface area contributed by atoms with Gasteiger partial charge in [0.1, 0.15) is 11.7 Å². The second-order valence-corrected chi connectivity index (χ2v) is 11.8. The topological polar surface area (TPSA) is 3.24 Å². The van der Waals surface area contributed by atoms with Crippen LogP contribution in [0.25, 0.3) is 0 Å². The molecule has 2 nitrogen and oxygen atoms in total. The number of hydrogen-bond acceptors (Lipinski definition) is 1. The van der Waals surface area contributed by atoms with Crippen molar-refractivity contribution in [1.82, 2.24) is 4.48 Å². The van der Waals surface area contributed by atoms with E-state index in [9.17, 15) is 0 Å². The maximum absolute atomic E-state index is 2.47. The van der Waals surface area contributed by atoms with Crippen molar-refractivity contribution >= 4 is 11.4 Å². The predicted octanol–water partition coefficient (Wildman–Crippen LogP) is 6.81. The van der Waals surface area contributed by atoms with E-state index in [0.717, 1.165) is 16.3 Å². The highest BCUT2D eigenvalue weighted by atomic mass is 15.4. The normalized spacial score (nSPS) is 30.0. The van der Waals surface area contributed by atoms with Crippen LogP contribution in [0.2, 0.25) is 0 Å². The Labute approximate surface area is 194 Å². The molecule has 0 bridgehead atoms. The number of benzene rings is 2. The second-order valence-electron chi connectivity index (χ2n) is 11.8. The maximum atomic E-state index is 2.47. The smallest absolute Gasteiger partial charge is 0.136 e. The number of anilines is 1. The number of rotatable bonds is 4. The van der Waals surface area contributed by atoms with E-state index < -0.39 is 0 Å². The van der Waals surface area contributed by atoms with Crippen molar-refractivity contribution in [2.45, 2.75) is 57.4 Å². The minimum atomic E-state index is 0.0545. The largest absolute Gasteiger partial charge is 0.347 e. The molecule has 3 atom stereocenters. The van der Waals surface area contributed by atoms with Crippen LogP contribution in [-0.2, 0) is 10.8 Å². The summed E-state index contributed by atoms with van der Waals surface area (Å²) in [6.45, 7) is 9.61. The van der Waals surface area contributed by atoms with Gasteiger partial charge in [-0.2, -0.15) is 0 Å². The molecule has 2 aromatic rings. The number of likely N-dealkylation sites (N-methyl/N-ethyl adjacent to an activating group) is 2. The summed E-state index contributed by atoms with van der Waals surface area (Å²) in [5.74, 6) is 1.62. The average molecular weight is 428 g/mol. The minimum absolute atomic E-state index is 0.0545. The van der Waals surface area contributed by atoms with Crippen molar-refractivity contribution in [3.8, 4) is 0 Å². The van der Waals surface area contributed by atoms with E-state index in [1.807, 2.05) is 0 Å². The van der Waals surface area contributed by atoms with Gasteiger partial charge in [0.15, 0.2) is 0 Å². The fraction of sp³-hybridized carbons (Fsp3) is 0.467. The lowest BCUT2D eigenvalue weighted by Gasteiger charge is -2.38. The number of quaternary nitrogens is 1. The first kappa shape index (κ1) is 21.5. The highest BCUT2D eigenvalue weighted by Gasteiger charge is 2.61. The molecule has 1 aliphatic carbocycles. The standard InChI is InChI=1S/C30H39N2/c1-29(2)23-15-9-11-17-25(23)31(5)27(29)19-13-8-14-21-20-22(21)28-30(3,4)24-16-10-12-18-26(24)32(28,6)7/h8-13,15-19,21-22,28H,14,20H2,1-7H3/q+1/b13-8+,27-19+. The molecule has 2 heterocycles. The van der Waals surface area contributed by atoms with Gasteiger partial charge in [-0.1, -0.05) is 62.4 Å². The molecule has 0 spiro atoms. The Morgan fingerprint density at radius 1 is 0.969 bits per heavy atom. The summed E-state index contributed by atoms with van der Waals surface area (Å²) < 4.78 is 1.02. The molecule has 5 rings (SSSR count). The molecule has 2 aliphatic heterocycles. The fourth-order valence-electron chi connectivity index (χ4n) is 7.29. The lowest BCUT2D eigenvalue weighted by Crippen LogP contribution is -2.54. The molecule has 1 fully saturated rings. The Hall–Kier alpha value is -2.32. The highest BCUT2D eigenvalue weighted by molar-refractivity contribution is 5.70. The zero-order chi connectivity index (χ0) is 22.9. The number of fused-ring (bicyclic) bond motifs is 2. The van der Waals surface area contributed by atoms with Gasteiger partial charge in [-0.15, -0.1) is 0 Å². The summed E-state index contributed by atoms with van der Waals surface area (Å²) in [4.78, 5) is 2.36. The monoisotopic (exact) mass is 427 g/mol.